The van der Waals surface area contributed by atoms with Gasteiger partial charge in [0.15, 0.2) is 0 Å². The van der Waals surface area contributed by atoms with Gasteiger partial charge in [0.25, 0.3) is 0 Å². The van der Waals surface area contributed by atoms with E-state index in [4.69, 9.17) is 0 Å². The van der Waals surface area contributed by atoms with Gasteiger partial charge in [-0.15, -0.1) is 11.3 Å². The molecule has 24 heavy (non-hydrogen) atoms. The number of rotatable bonds is 5. The molecule has 0 atom stereocenters. The normalized spacial score (nSPS) is 15.9. The number of hydrogen-bond acceptors (Lipinski definition) is 4. The van der Waals surface area contributed by atoms with Crippen molar-refractivity contribution in [2.24, 2.45) is 0 Å². The topological polar surface area (TPSA) is 45.2 Å². The Morgan fingerprint density at radius 3 is 2.58 bits per heavy atom. The van der Waals surface area contributed by atoms with Crippen LogP contribution in [-0.4, -0.2) is 28.9 Å². The van der Waals surface area contributed by atoms with Crippen LogP contribution in [0.4, 0.5) is 5.69 Å². The van der Waals surface area contributed by atoms with Crippen LogP contribution < -0.4 is 5.32 Å². The Balaban J connectivity index is 1.51. The highest BCUT2D eigenvalue weighted by atomic mass is 32.1. The molecule has 2 aromatic rings. The fourth-order valence-corrected chi connectivity index (χ4v) is 3.79. The molecule has 0 unspecified atom stereocenters. The van der Waals surface area contributed by atoms with Crippen molar-refractivity contribution in [3.8, 4) is 0 Å². The number of hydrogen-bond donors (Lipinski definition) is 1. The van der Waals surface area contributed by atoms with Crippen LogP contribution in [-0.2, 0) is 17.8 Å². The van der Waals surface area contributed by atoms with Gasteiger partial charge in [0.05, 0.1) is 12.1 Å². The van der Waals surface area contributed by atoms with Crippen molar-refractivity contribution in [3.05, 3.63) is 45.9 Å². The summed E-state index contributed by atoms with van der Waals surface area (Å²) in [6, 6.07) is 7.86. The molecular formula is C19H25N3OS. The second-order valence-corrected chi connectivity index (χ2v) is 7.46. The lowest BCUT2D eigenvalue weighted by molar-refractivity contribution is -0.115. The molecule has 1 aliphatic heterocycles. The first-order chi connectivity index (χ1) is 11.7. The number of thiazole rings is 1. The number of benzene rings is 1. The summed E-state index contributed by atoms with van der Waals surface area (Å²) in [7, 11) is 0. The van der Waals surface area contributed by atoms with Crippen LogP contribution in [0.15, 0.2) is 29.6 Å². The number of amides is 1. The lowest BCUT2D eigenvalue weighted by Gasteiger charge is -2.17. The van der Waals surface area contributed by atoms with E-state index in [9.17, 15) is 4.79 Å². The molecule has 1 saturated heterocycles. The minimum absolute atomic E-state index is 0.00507. The van der Waals surface area contributed by atoms with Crippen LogP contribution in [0.1, 0.15) is 41.9 Å². The van der Waals surface area contributed by atoms with E-state index in [1.165, 1.54) is 44.3 Å². The van der Waals surface area contributed by atoms with Crippen LogP contribution in [0.2, 0.25) is 0 Å². The number of carbonyl (C=O) groups excluding carboxylic acids is 1. The number of carbonyl (C=O) groups is 1. The van der Waals surface area contributed by atoms with Crippen molar-refractivity contribution in [2.45, 2.75) is 45.6 Å². The standard InChI is InChI=1S/C19H25N3OS/c1-15-6-8-16(9-7-15)20-18(23)12-19-21-17(14-24-19)13-22-10-4-2-3-5-11-22/h6-9,14H,2-5,10-13H2,1H3,(H,20,23). The molecule has 1 N–H and O–H groups in total. The SMILES string of the molecule is Cc1ccc(NC(=O)Cc2nc(CN3CCCCCC3)cs2)cc1. The van der Waals surface area contributed by atoms with Gasteiger partial charge < -0.3 is 5.32 Å². The predicted molar refractivity (Wildman–Crippen MR) is 99.4 cm³/mol. The van der Waals surface area contributed by atoms with E-state index in [1.807, 2.05) is 31.2 Å². The number of likely N-dealkylation sites (tertiary alicyclic amines) is 1. The van der Waals surface area contributed by atoms with Gasteiger partial charge in [-0.25, -0.2) is 4.98 Å². The van der Waals surface area contributed by atoms with E-state index >= 15 is 0 Å². The molecule has 2 heterocycles. The molecule has 4 nitrogen and oxygen atoms in total. The number of aromatic nitrogens is 1. The maximum atomic E-state index is 12.2. The molecule has 1 aromatic heterocycles. The molecule has 128 valence electrons. The van der Waals surface area contributed by atoms with E-state index < -0.39 is 0 Å². The molecule has 0 radical (unpaired) electrons. The van der Waals surface area contributed by atoms with Crippen molar-refractivity contribution in [1.82, 2.24) is 9.88 Å². The third-order valence-electron chi connectivity index (χ3n) is 4.33. The molecule has 1 aromatic carbocycles. The molecular weight excluding hydrogens is 318 g/mol. The van der Waals surface area contributed by atoms with E-state index in [-0.39, 0.29) is 5.91 Å². The third-order valence-corrected chi connectivity index (χ3v) is 5.23. The summed E-state index contributed by atoms with van der Waals surface area (Å²) in [5, 5.41) is 5.92. The van der Waals surface area contributed by atoms with Gasteiger partial charge in [0, 0.05) is 17.6 Å². The second kappa shape index (κ2) is 8.40. The summed E-state index contributed by atoms with van der Waals surface area (Å²) in [6.07, 6.45) is 5.61. The Bertz CT molecular complexity index is 658. The largest absolute Gasteiger partial charge is 0.326 e. The highest BCUT2D eigenvalue weighted by Crippen LogP contribution is 2.17. The molecule has 0 bridgehead atoms. The Hall–Kier alpha value is -1.72. The minimum atomic E-state index is -0.00507. The van der Waals surface area contributed by atoms with E-state index in [2.05, 4.69) is 20.6 Å². The zero-order valence-electron chi connectivity index (χ0n) is 14.3. The first-order valence-electron chi connectivity index (χ1n) is 8.71. The highest BCUT2D eigenvalue weighted by molar-refractivity contribution is 7.09. The van der Waals surface area contributed by atoms with Gasteiger partial charge >= 0.3 is 0 Å². The van der Waals surface area contributed by atoms with E-state index in [0.29, 0.717) is 6.42 Å². The maximum Gasteiger partial charge on any atom is 0.231 e. The molecule has 0 aliphatic carbocycles. The Morgan fingerprint density at radius 1 is 1.17 bits per heavy atom. The average molecular weight is 343 g/mol. The number of aryl methyl sites for hydroxylation is 1. The van der Waals surface area contributed by atoms with Crippen LogP contribution in [0.5, 0.6) is 0 Å². The monoisotopic (exact) mass is 343 g/mol. The third kappa shape index (κ3) is 5.14. The maximum absolute atomic E-state index is 12.2. The first-order valence-corrected chi connectivity index (χ1v) is 9.59. The second-order valence-electron chi connectivity index (χ2n) is 6.51. The molecule has 1 amide bonds. The van der Waals surface area contributed by atoms with Crippen LogP contribution in [0, 0.1) is 6.92 Å². The van der Waals surface area contributed by atoms with E-state index in [1.54, 1.807) is 11.3 Å². The summed E-state index contributed by atoms with van der Waals surface area (Å²) in [5.74, 6) is -0.00507. The highest BCUT2D eigenvalue weighted by Gasteiger charge is 2.13. The van der Waals surface area contributed by atoms with Crippen molar-refractivity contribution in [3.63, 3.8) is 0 Å². The number of nitrogens with zero attached hydrogens (tertiary/aromatic N) is 2. The van der Waals surface area contributed by atoms with Crippen LogP contribution in [0.3, 0.4) is 0 Å². The van der Waals surface area contributed by atoms with Crippen LogP contribution in [0.25, 0.3) is 0 Å². The van der Waals surface area contributed by atoms with Crippen molar-refractivity contribution >= 4 is 22.9 Å². The zero-order chi connectivity index (χ0) is 16.8. The summed E-state index contributed by atoms with van der Waals surface area (Å²) in [5.41, 5.74) is 3.12. The molecule has 0 spiro atoms. The lowest BCUT2D eigenvalue weighted by Crippen LogP contribution is -2.24. The Kier molecular flexibility index (Phi) is 5.99. The molecule has 1 aliphatic rings. The predicted octanol–water partition coefficient (Wildman–Crippen LogP) is 4.01. The minimum Gasteiger partial charge on any atom is -0.326 e. The molecule has 3 rings (SSSR count). The summed E-state index contributed by atoms with van der Waals surface area (Å²) >= 11 is 1.59. The van der Waals surface area contributed by atoms with Gasteiger partial charge in [0.1, 0.15) is 5.01 Å². The van der Waals surface area contributed by atoms with Gasteiger partial charge in [0.2, 0.25) is 5.91 Å². The van der Waals surface area contributed by atoms with Gasteiger partial charge in [-0.2, -0.15) is 0 Å². The summed E-state index contributed by atoms with van der Waals surface area (Å²) in [4.78, 5) is 19.3. The molecule has 0 saturated carbocycles. The molecule has 5 heteroatoms. The average Bonchev–Trinajstić information content (AvgIpc) is 2.83. The van der Waals surface area contributed by atoms with Crippen LogP contribution >= 0.6 is 11.3 Å². The first kappa shape index (κ1) is 17.1. The fourth-order valence-electron chi connectivity index (χ4n) is 3.01. The lowest BCUT2D eigenvalue weighted by atomic mass is 10.2. The zero-order valence-corrected chi connectivity index (χ0v) is 15.1. The van der Waals surface area contributed by atoms with Crippen molar-refractivity contribution in [1.29, 1.82) is 0 Å². The summed E-state index contributed by atoms with van der Waals surface area (Å²) in [6.45, 7) is 5.28. The number of anilines is 1. The van der Waals surface area contributed by atoms with E-state index in [0.717, 1.165) is 22.9 Å². The molecule has 1 fully saturated rings. The Morgan fingerprint density at radius 2 is 1.88 bits per heavy atom. The van der Waals surface area contributed by atoms with Gasteiger partial charge in [-0.05, 0) is 45.0 Å². The fraction of sp³-hybridized carbons (Fsp3) is 0.474. The van der Waals surface area contributed by atoms with Gasteiger partial charge in [-0.1, -0.05) is 30.5 Å². The Labute approximate surface area is 147 Å². The van der Waals surface area contributed by atoms with Crippen molar-refractivity contribution < 1.29 is 4.79 Å². The van der Waals surface area contributed by atoms with Gasteiger partial charge in [-0.3, -0.25) is 9.69 Å². The smallest absolute Gasteiger partial charge is 0.231 e. The van der Waals surface area contributed by atoms with Crippen molar-refractivity contribution in [2.75, 3.05) is 18.4 Å². The quantitative estimate of drug-likeness (QED) is 0.892. The number of nitrogens with one attached hydrogen (secondary N) is 1. The summed E-state index contributed by atoms with van der Waals surface area (Å²) < 4.78 is 0.